The first-order valence-corrected chi connectivity index (χ1v) is 10.1. The fraction of sp³-hybridized carbons (Fsp3) is 0.200. The molecule has 5 heteroatoms. The van der Waals surface area contributed by atoms with Crippen LogP contribution < -0.4 is 5.32 Å². The summed E-state index contributed by atoms with van der Waals surface area (Å²) in [6.45, 7) is 4.63. The predicted octanol–water partition coefficient (Wildman–Crippen LogP) is 5.18. The summed E-state index contributed by atoms with van der Waals surface area (Å²) in [4.78, 5) is 12.7. The third-order valence-corrected chi connectivity index (χ3v) is 5.62. The van der Waals surface area contributed by atoms with Gasteiger partial charge in [-0.1, -0.05) is 48.5 Å². The summed E-state index contributed by atoms with van der Waals surface area (Å²) in [7, 11) is 1.95. The van der Waals surface area contributed by atoms with E-state index in [0.29, 0.717) is 18.7 Å². The smallest absolute Gasteiger partial charge is 0.340 e. The Morgan fingerprint density at radius 2 is 1.87 bits per heavy atom. The number of nitrogens with one attached hydrogen (secondary N) is 2. The highest BCUT2D eigenvalue weighted by molar-refractivity contribution is 6.08. The van der Waals surface area contributed by atoms with E-state index < -0.39 is 0 Å². The summed E-state index contributed by atoms with van der Waals surface area (Å²) < 4.78 is 7.33. The van der Waals surface area contributed by atoms with Gasteiger partial charge in [-0.15, -0.1) is 0 Å². The molecule has 30 heavy (non-hydrogen) atoms. The van der Waals surface area contributed by atoms with Gasteiger partial charge in [-0.2, -0.15) is 0 Å². The van der Waals surface area contributed by atoms with Crippen molar-refractivity contribution in [2.45, 2.75) is 20.4 Å². The maximum Gasteiger partial charge on any atom is 0.340 e. The molecule has 0 unspecified atom stereocenters. The van der Waals surface area contributed by atoms with Crippen LogP contribution >= 0.6 is 0 Å². The van der Waals surface area contributed by atoms with Crippen molar-refractivity contribution < 1.29 is 9.53 Å². The van der Waals surface area contributed by atoms with E-state index in [1.165, 1.54) is 16.3 Å². The molecule has 2 N–H and O–H groups in total. The number of benzene rings is 3. The molecule has 3 aromatic carbocycles. The first-order chi connectivity index (χ1) is 14.6. The molecule has 0 saturated carbocycles. The van der Waals surface area contributed by atoms with E-state index >= 15 is 0 Å². The van der Waals surface area contributed by atoms with E-state index in [4.69, 9.17) is 10.1 Å². The van der Waals surface area contributed by atoms with Crippen LogP contribution in [-0.4, -0.2) is 23.5 Å². The number of aryl methyl sites for hydroxylation is 2. The lowest BCUT2D eigenvalue weighted by Gasteiger charge is -2.10. The van der Waals surface area contributed by atoms with Crippen LogP contribution in [0.25, 0.3) is 32.8 Å². The Labute approximate surface area is 175 Å². The second kappa shape index (κ2) is 8.03. The predicted molar refractivity (Wildman–Crippen MR) is 122 cm³/mol. The van der Waals surface area contributed by atoms with Crippen LogP contribution in [0.15, 0.2) is 54.6 Å². The molecule has 0 spiro atoms. The molecule has 1 heterocycles. The fourth-order valence-corrected chi connectivity index (χ4v) is 4.16. The average Bonchev–Trinajstić information content (AvgIpc) is 3.03. The zero-order chi connectivity index (χ0) is 21.3. The number of carbonyl (C=O) groups is 1. The number of carbonyl (C=O) groups excluding carboxylic acids is 1. The molecule has 5 nitrogen and oxygen atoms in total. The third kappa shape index (κ3) is 3.22. The highest BCUT2D eigenvalue weighted by Crippen LogP contribution is 2.34. The lowest BCUT2D eigenvalue weighted by Crippen LogP contribution is -2.16. The normalized spacial score (nSPS) is 11.0. The first-order valence-electron chi connectivity index (χ1n) is 10.1. The Balaban J connectivity index is 1.94. The number of fused-ring (bicyclic) bond motifs is 2. The largest absolute Gasteiger partial charge is 0.462 e. The van der Waals surface area contributed by atoms with Gasteiger partial charge in [0.15, 0.2) is 0 Å². The third-order valence-electron chi connectivity index (χ3n) is 5.62. The van der Waals surface area contributed by atoms with Crippen LogP contribution in [0.1, 0.15) is 28.5 Å². The lowest BCUT2D eigenvalue weighted by molar-refractivity contribution is 0.0527. The second-order valence-electron chi connectivity index (χ2n) is 7.33. The van der Waals surface area contributed by atoms with Crippen molar-refractivity contribution in [2.75, 3.05) is 6.61 Å². The van der Waals surface area contributed by atoms with Crippen molar-refractivity contribution in [3.63, 3.8) is 0 Å². The second-order valence-corrected chi connectivity index (χ2v) is 7.33. The topological polar surface area (TPSA) is 67.1 Å². The Kier molecular flexibility index (Phi) is 5.27. The van der Waals surface area contributed by atoms with Crippen LogP contribution in [0.5, 0.6) is 0 Å². The lowest BCUT2D eigenvalue weighted by atomic mass is 9.95. The molecule has 0 saturated heterocycles. The Hall–Kier alpha value is -3.60. The van der Waals surface area contributed by atoms with E-state index in [0.717, 1.165) is 34.1 Å². The van der Waals surface area contributed by atoms with Gasteiger partial charge in [-0.25, -0.2) is 4.79 Å². The number of nitrogens with zero attached hydrogens (tertiary/aromatic N) is 1. The molecule has 0 aliphatic heterocycles. The zero-order valence-electron chi connectivity index (χ0n) is 17.5. The number of rotatable bonds is 6. The summed E-state index contributed by atoms with van der Waals surface area (Å²) in [5, 5.41) is 13.5. The van der Waals surface area contributed by atoms with E-state index in [-0.39, 0.29) is 5.97 Å². The van der Waals surface area contributed by atoms with Gasteiger partial charge in [-0.05, 0) is 47.4 Å². The molecular weight excluding hydrogens is 374 g/mol. The number of ether oxygens (including phenoxy) is 1. The molecule has 4 rings (SSSR count). The van der Waals surface area contributed by atoms with Crippen LogP contribution in [0.2, 0.25) is 0 Å². The minimum atomic E-state index is -0.335. The van der Waals surface area contributed by atoms with Crippen molar-refractivity contribution in [3.05, 3.63) is 71.4 Å². The molecule has 0 fully saturated rings. The standard InChI is InChI=1S/C25H25N3O2/c1-4-30-25(29)24-21-12-11-17(13-22(21)28(3)23(24)14-27-15-26)19-9-6-8-18-16(2)7-5-10-20(18)19/h5-13,15H,4,14H2,1-3H3,(H2,26,27). The molecule has 0 radical (unpaired) electrons. The number of aromatic nitrogens is 1. The molecule has 0 atom stereocenters. The fourth-order valence-electron chi connectivity index (χ4n) is 4.16. The van der Waals surface area contributed by atoms with Crippen molar-refractivity contribution in [2.24, 2.45) is 7.05 Å². The van der Waals surface area contributed by atoms with Crippen LogP contribution in [0, 0.1) is 12.3 Å². The summed E-state index contributed by atoms with van der Waals surface area (Å²) >= 11 is 0. The van der Waals surface area contributed by atoms with E-state index in [1.807, 2.05) is 17.7 Å². The SMILES string of the molecule is CCOC(=O)c1c(CNC=N)n(C)c2cc(-c3cccc4c(C)cccc34)ccc12. The quantitative estimate of drug-likeness (QED) is 0.267. The maximum atomic E-state index is 12.7. The molecule has 0 aliphatic carbocycles. The van der Waals surface area contributed by atoms with Crippen molar-refractivity contribution in [1.29, 1.82) is 5.41 Å². The number of hydrogen-bond donors (Lipinski definition) is 2. The molecular formula is C25H25N3O2. The van der Waals surface area contributed by atoms with Crippen LogP contribution in [0.3, 0.4) is 0 Å². The molecule has 4 aromatic rings. The van der Waals surface area contributed by atoms with Gasteiger partial charge in [0.2, 0.25) is 0 Å². The average molecular weight is 399 g/mol. The minimum absolute atomic E-state index is 0.320. The van der Waals surface area contributed by atoms with Gasteiger partial charge in [-0.3, -0.25) is 5.41 Å². The van der Waals surface area contributed by atoms with Crippen molar-refractivity contribution in [3.8, 4) is 11.1 Å². The number of hydrogen-bond acceptors (Lipinski definition) is 3. The zero-order valence-corrected chi connectivity index (χ0v) is 17.5. The molecule has 0 amide bonds. The summed E-state index contributed by atoms with van der Waals surface area (Å²) in [6, 6.07) is 18.9. The Bertz CT molecular complexity index is 1270. The van der Waals surface area contributed by atoms with Gasteiger partial charge >= 0.3 is 5.97 Å². The van der Waals surface area contributed by atoms with Crippen LogP contribution in [-0.2, 0) is 18.3 Å². The monoisotopic (exact) mass is 399 g/mol. The van der Waals surface area contributed by atoms with Crippen molar-refractivity contribution >= 4 is 34.0 Å². The summed E-state index contributed by atoms with van der Waals surface area (Å²) in [6.07, 6.45) is 1.14. The first kappa shape index (κ1) is 19.7. The highest BCUT2D eigenvalue weighted by atomic mass is 16.5. The molecule has 0 bridgehead atoms. The Morgan fingerprint density at radius 3 is 2.63 bits per heavy atom. The van der Waals surface area contributed by atoms with E-state index in [9.17, 15) is 4.79 Å². The van der Waals surface area contributed by atoms with E-state index in [2.05, 4.69) is 60.8 Å². The minimum Gasteiger partial charge on any atom is -0.462 e. The van der Waals surface area contributed by atoms with Gasteiger partial charge < -0.3 is 14.6 Å². The molecule has 152 valence electrons. The highest BCUT2D eigenvalue weighted by Gasteiger charge is 2.22. The van der Waals surface area contributed by atoms with Crippen molar-refractivity contribution in [1.82, 2.24) is 9.88 Å². The van der Waals surface area contributed by atoms with Crippen LogP contribution in [0.4, 0.5) is 0 Å². The number of esters is 1. The van der Waals surface area contributed by atoms with Gasteiger partial charge in [0, 0.05) is 18.0 Å². The maximum absolute atomic E-state index is 12.7. The van der Waals surface area contributed by atoms with Gasteiger partial charge in [0.25, 0.3) is 0 Å². The van der Waals surface area contributed by atoms with E-state index in [1.54, 1.807) is 6.92 Å². The molecule has 1 aromatic heterocycles. The Morgan fingerprint density at radius 1 is 1.10 bits per heavy atom. The molecule has 0 aliphatic rings. The van der Waals surface area contributed by atoms with Gasteiger partial charge in [0.1, 0.15) is 0 Å². The van der Waals surface area contributed by atoms with Gasteiger partial charge in [0.05, 0.1) is 30.7 Å². The summed E-state index contributed by atoms with van der Waals surface area (Å²) in [5.74, 6) is -0.335. The summed E-state index contributed by atoms with van der Waals surface area (Å²) in [5.41, 5.74) is 5.83.